The van der Waals surface area contributed by atoms with Crippen molar-refractivity contribution in [1.29, 1.82) is 0 Å². The van der Waals surface area contributed by atoms with E-state index in [-0.39, 0.29) is 24.8 Å². The van der Waals surface area contributed by atoms with Gasteiger partial charge in [0, 0.05) is 25.0 Å². The fraction of sp³-hybridized carbons (Fsp3) is 0.731. The number of rotatable bonds is 15. The normalized spacial score (nSPS) is 18.9. The molecule has 2 atom stereocenters. The molecule has 1 saturated carbocycles. The quantitative estimate of drug-likeness (QED) is 0.172. The van der Waals surface area contributed by atoms with Gasteiger partial charge in [-0.15, -0.1) is 0 Å². The summed E-state index contributed by atoms with van der Waals surface area (Å²) in [7, 11) is 1.63. The number of carbonyl (C=O) groups excluding carboxylic acids is 1. The number of carbonyl (C=O) groups is 1. The van der Waals surface area contributed by atoms with Crippen molar-refractivity contribution in [2.45, 2.75) is 109 Å². The molecule has 0 N–H and O–H groups in total. The van der Waals surface area contributed by atoms with E-state index in [1.165, 1.54) is 44.9 Å². The third-order valence-electron chi connectivity index (χ3n) is 6.12. The molecule has 0 aliphatic heterocycles. The van der Waals surface area contributed by atoms with Crippen LogP contribution in [0.1, 0.15) is 108 Å². The first kappa shape index (κ1) is 24.7. The number of benzene rings is 1. The monoisotopic (exact) mass is 418 g/mol. The van der Waals surface area contributed by atoms with Crippen molar-refractivity contribution in [1.82, 2.24) is 0 Å². The molecule has 1 fully saturated rings. The van der Waals surface area contributed by atoms with Gasteiger partial charge in [-0.2, -0.15) is 0 Å². The first-order chi connectivity index (χ1) is 14.8. The Balaban J connectivity index is 1.74. The Kier molecular flexibility index (Phi) is 12.6. The Labute approximate surface area is 183 Å². The Morgan fingerprint density at radius 1 is 0.933 bits per heavy atom. The van der Waals surface area contributed by atoms with Crippen LogP contribution in [0.15, 0.2) is 24.3 Å². The summed E-state index contributed by atoms with van der Waals surface area (Å²) in [5, 5.41) is 0. The summed E-state index contributed by atoms with van der Waals surface area (Å²) in [5.41, 5.74) is 1.13. The molecule has 4 nitrogen and oxygen atoms in total. The Bertz CT molecular complexity index is 586. The summed E-state index contributed by atoms with van der Waals surface area (Å²) >= 11 is 0. The number of ether oxygens (including phenoxy) is 3. The smallest absolute Gasteiger partial charge is 0.306 e. The molecule has 0 radical (unpaired) electrons. The molecule has 0 amide bonds. The number of hydrogen-bond acceptors (Lipinski definition) is 4. The van der Waals surface area contributed by atoms with Crippen molar-refractivity contribution in [2.75, 3.05) is 13.9 Å². The second-order valence-corrected chi connectivity index (χ2v) is 8.59. The van der Waals surface area contributed by atoms with E-state index in [9.17, 15) is 4.79 Å². The molecule has 0 aromatic heterocycles. The minimum Gasteiger partial charge on any atom is -0.467 e. The van der Waals surface area contributed by atoms with Crippen molar-refractivity contribution < 1.29 is 19.0 Å². The topological polar surface area (TPSA) is 44.8 Å². The van der Waals surface area contributed by atoms with E-state index >= 15 is 0 Å². The summed E-state index contributed by atoms with van der Waals surface area (Å²) in [5.74, 6) is 1.01. The summed E-state index contributed by atoms with van der Waals surface area (Å²) < 4.78 is 16.8. The van der Waals surface area contributed by atoms with Crippen LogP contribution < -0.4 is 4.74 Å². The average Bonchev–Trinajstić information content (AvgIpc) is 2.77. The molecule has 170 valence electrons. The van der Waals surface area contributed by atoms with E-state index in [0.29, 0.717) is 6.42 Å². The van der Waals surface area contributed by atoms with Gasteiger partial charge in [-0.25, -0.2) is 0 Å². The molecule has 0 unspecified atom stereocenters. The fourth-order valence-corrected chi connectivity index (χ4v) is 4.44. The summed E-state index contributed by atoms with van der Waals surface area (Å²) in [4.78, 5) is 12.5. The van der Waals surface area contributed by atoms with Crippen molar-refractivity contribution in [3.05, 3.63) is 29.8 Å². The maximum Gasteiger partial charge on any atom is 0.306 e. The van der Waals surface area contributed by atoms with Crippen molar-refractivity contribution in [2.24, 2.45) is 0 Å². The van der Waals surface area contributed by atoms with Crippen LogP contribution in [0.3, 0.4) is 0 Å². The molecule has 1 aromatic rings. The minimum atomic E-state index is -0.0443. The minimum absolute atomic E-state index is 0.0369. The molecule has 2 rings (SSSR count). The summed E-state index contributed by atoms with van der Waals surface area (Å²) in [6, 6.07) is 8.08. The highest BCUT2D eigenvalue weighted by Gasteiger charge is 2.31. The number of esters is 1. The second kappa shape index (κ2) is 15.3. The highest BCUT2D eigenvalue weighted by molar-refractivity contribution is 5.69. The molecule has 1 aliphatic rings. The van der Waals surface area contributed by atoms with Gasteiger partial charge in [-0.1, -0.05) is 82.9 Å². The number of para-hydroxylation sites is 1. The molecule has 0 heterocycles. The fourth-order valence-electron chi connectivity index (χ4n) is 4.44. The Morgan fingerprint density at radius 2 is 1.60 bits per heavy atom. The second-order valence-electron chi connectivity index (χ2n) is 8.59. The highest BCUT2D eigenvalue weighted by Crippen LogP contribution is 2.39. The predicted molar refractivity (Wildman–Crippen MR) is 122 cm³/mol. The number of hydrogen-bond donors (Lipinski definition) is 0. The van der Waals surface area contributed by atoms with Gasteiger partial charge in [0.1, 0.15) is 11.9 Å². The van der Waals surface area contributed by atoms with Crippen molar-refractivity contribution in [3.8, 4) is 5.75 Å². The first-order valence-corrected chi connectivity index (χ1v) is 12.2. The lowest BCUT2D eigenvalue weighted by Gasteiger charge is -2.32. The molecule has 0 saturated heterocycles. The lowest BCUT2D eigenvalue weighted by Crippen LogP contribution is -2.29. The van der Waals surface area contributed by atoms with Crippen LogP contribution in [0.2, 0.25) is 0 Å². The van der Waals surface area contributed by atoms with E-state index in [0.717, 1.165) is 49.8 Å². The van der Waals surface area contributed by atoms with E-state index < -0.39 is 0 Å². The lowest BCUT2D eigenvalue weighted by molar-refractivity contribution is -0.151. The lowest BCUT2D eigenvalue weighted by atomic mass is 9.81. The molecular weight excluding hydrogens is 376 g/mol. The zero-order valence-electron chi connectivity index (χ0n) is 19.2. The molecular formula is C26H42O4. The van der Waals surface area contributed by atoms with Gasteiger partial charge in [-0.3, -0.25) is 4.79 Å². The van der Waals surface area contributed by atoms with Gasteiger partial charge in [0.25, 0.3) is 0 Å². The van der Waals surface area contributed by atoms with Crippen LogP contribution in [0.4, 0.5) is 0 Å². The summed E-state index contributed by atoms with van der Waals surface area (Å²) in [6.07, 6.45) is 16.1. The van der Waals surface area contributed by atoms with Crippen LogP contribution in [0.5, 0.6) is 5.75 Å². The number of unbranched alkanes of at least 4 members (excludes halogenated alkanes) is 8. The average molecular weight is 419 g/mol. The van der Waals surface area contributed by atoms with Crippen LogP contribution in [0.25, 0.3) is 0 Å². The first-order valence-electron chi connectivity index (χ1n) is 12.2. The van der Waals surface area contributed by atoms with Gasteiger partial charge in [-0.05, 0) is 31.7 Å². The molecule has 0 spiro atoms. The third-order valence-corrected chi connectivity index (χ3v) is 6.12. The Hall–Kier alpha value is -1.55. The van der Waals surface area contributed by atoms with Gasteiger partial charge < -0.3 is 14.2 Å². The zero-order chi connectivity index (χ0) is 21.4. The maximum absolute atomic E-state index is 12.5. The van der Waals surface area contributed by atoms with Gasteiger partial charge in [0.2, 0.25) is 0 Å². The van der Waals surface area contributed by atoms with Crippen molar-refractivity contribution in [3.63, 3.8) is 0 Å². The third kappa shape index (κ3) is 9.07. The zero-order valence-corrected chi connectivity index (χ0v) is 19.2. The predicted octanol–water partition coefficient (Wildman–Crippen LogP) is 7.16. The van der Waals surface area contributed by atoms with Gasteiger partial charge >= 0.3 is 5.97 Å². The Morgan fingerprint density at radius 3 is 2.33 bits per heavy atom. The molecule has 0 bridgehead atoms. The van der Waals surface area contributed by atoms with Crippen LogP contribution in [-0.4, -0.2) is 26.0 Å². The largest absolute Gasteiger partial charge is 0.467 e. The SMILES string of the molecule is CCCCCCCCCCCC(=O)O[C@H]1CCCC[C@@H]1c1ccccc1OCOC. The molecule has 30 heavy (non-hydrogen) atoms. The van der Waals surface area contributed by atoms with Gasteiger partial charge in [0.05, 0.1) is 0 Å². The van der Waals surface area contributed by atoms with Crippen LogP contribution in [-0.2, 0) is 14.3 Å². The molecule has 1 aliphatic carbocycles. The molecule has 1 aromatic carbocycles. The molecule has 4 heteroatoms. The van der Waals surface area contributed by atoms with E-state index in [4.69, 9.17) is 14.2 Å². The van der Waals surface area contributed by atoms with Gasteiger partial charge in [0.15, 0.2) is 6.79 Å². The van der Waals surface area contributed by atoms with E-state index in [1.807, 2.05) is 18.2 Å². The standard InChI is InChI=1S/C26H42O4/c1-3-4-5-6-7-8-9-10-11-20-26(27)30-25-19-15-13-17-23(25)22-16-12-14-18-24(22)29-21-28-2/h12,14,16,18,23,25H,3-11,13,15,17,19-21H2,1-2H3/t23-,25+/m1/s1. The maximum atomic E-state index is 12.5. The highest BCUT2D eigenvalue weighted by atomic mass is 16.7. The summed E-state index contributed by atoms with van der Waals surface area (Å²) in [6.45, 7) is 2.48. The van der Waals surface area contributed by atoms with E-state index in [1.54, 1.807) is 7.11 Å². The van der Waals surface area contributed by atoms with E-state index in [2.05, 4.69) is 13.0 Å². The van der Waals surface area contributed by atoms with Crippen molar-refractivity contribution >= 4 is 5.97 Å². The van der Waals surface area contributed by atoms with Crippen LogP contribution >= 0.6 is 0 Å². The number of methoxy groups -OCH3 is 1. The van der Waals surface area contributed by atoms with Crippen LogP contribution in [0, 0.1) is 0 Å².